The van der Waals surface area contributed by atoms with Crippen molar-refractivity contribution in [2.24, 2.45) is 0 Å². The SMILES string of the molecule is O=C(/C=C/c1nc2ccccc2s1)NCC(c1ccc(Cl)cc1)N1CCOCC1. The van der Waals surface area contributed by atoms with E-state index in [0.717, 1.165) is 33.9 Å². The Bertz CT molecular complexity index is 964. The molecule has 0 radical (unpaired) electrons. The molecular formula is C22H22ClN3O2S. The lowest BCUT2D eigenvalue weighted by Crippen LogP contribution is -2.43. The van der Waals surface area contributed by atoms with Crippen molar-refractivity contribution in [1.29, 1.82) is 0 Å². The smallest absolute Gasteiger partial charge is 0.244 e. The Morgan fingerprint density at radius 2 is 1.97 bits per heavy atom. The highest BCUT2D eigenvalue weighted by atomic mass is 35.5. The van der Waals surface area contributed by atoms with Crippen LogP contribution in [0, 0.1) is 0 Å². The molecule has 1 fully saturated rings. The highest BCUT2D eigenvalue weighted by Crippen LogP contribution is 2.24. The molecule has 0 spiro atoms. The summed E-state index contributed by atoms with van der Waals surface area (Å²) >= 11 is 7.61. The fraction of sp³-hybridized carbons (Fsp3) is 0.273. The molecule has 1 aromatic heterocycles. The molecule has 1 saturated heterocycles. The summed E-state index contributed by atoms with van der Waals surface area (Å²) < 4.78 is 6.59. The lowest BCUT2D eigenvalue weighted by atomic mass is 10.0. The molecule has 1 unspecified atom stereocenters. The third kappa shape index (κ3) is 5.22. The quantitative estimate of drug-likeness (QED) is 0.600. The molecule has 4 rings (SSSR count). The Morgan fingerprint density at radius 3 is 2.72 bits per heavy atom. The highest BCUT2D eigenvalue weighted by Gasteiger charge is 2.23. The Labute approximate surface area is 179 Å². The Kier molecular flexibility index (Phi) is 6.56. The fourth-order valence-corrected chi connectivity index (χ4v) is 4.39. The molecule has 1 N–H and O–H groups in total. The first-order valence-electron chi connectivity index (χ1n) is 9.58. The van der Waals surface area contributed by atoms with E-state index >= 15 is 0 Å². The monoisotopic (exact) mass is 427 g/mol. The third-order valence-corrected chi connectivity index (χ3v) is 6.15. The normalized spacial score (nSPS) is 16.3. The first-order chi connectivity index (χ1) is 14.2. The number of para-hydroxylation sites is 1. The summed E-state index contributed by atoms with van der Waals surface area (Å²) in [6, 6.07) is 15.9. The van der Waals surface area contributed by atoms with Crippen molar-refractivity contribution in [3.8, 4) is 0 Å². The Morgan fingerprint density at radius 1 is 1.21 bits per heavy atom. The van der Waals surface area contributed by atoms with Crippen LogP contribution >= 0.6 is 22.9 Å². The van der Waals surface area contributed by atoms with Gasteiger partial charge in [0.25, 0.3) is 0 Å². The summed E-state index contributed by atoms with van der Waals surface area (Å²) in [7, 11) is 0. The van der Waals surface area contributed by atoms with Crippen LogP contribution in [-0.2, 0) is 9.53 Å². The number of rotatable bonds is 6. The molecule has 2 aromatic carbocycles. The number of halogens is 1. The van der Waals surface area contributed by atoms with Gasteiger partial charge in [-0.05, 0) is 35.9 Å². The zero-order valence-electron chi connectivity index (χ0n) is 15.9. The van der Waals surface area contributed by atoms with Crippen LogP contribution in [0.1, 0.15) is 16.6 Å². The second-order valence-electron chi connectivity index (χ2n) is 6.81. The summed E-state index contributed by atoms with van der Waals surface area (Å²) in [5, 5.41) is 4.56. The van der Waals surface area contributed by atoms with Crippen molar-refractivity contribution < 1.29 is 9.53 Å². The summed E-state index contributed by atoms with van der Waals surface area (Å²) in [4.78, 5) is 19.3. The second-order valence-corrected chi connectivity index (χ2v) is 8.31. The number of hydrogen-bond donors (Lipinski definition) is 1. The number of benzene rings is 2. The van der Waals surface area contributed by atoms with E-state index in [0.29, 0.717) is 24.8 Å². The van der Waals surface area contributed by atoms with Crippen LogP contribution in [0.2, 0.25) is 5.02 Å². The molecule has 0 aliphatic carbocycles. The zero-order valence-corrected chi connectivity index (χ0v) is 17.5. The van der Waals surface area contributed by atoms with E-state index in [2.05, 4.69) is 15.2 Å². The number of nitrogens with zero attached hydrogens (tertiary/aromatic N) is 2. The van der Waals surface area contributed by atoms with E-state index in [9.17, 15) is 4.79 Å². The van der Waals surface area contributed by atoms with Crippen LogP contribution in [0.5, 0.6) is 0 Å². The molecule has 1 amide bonds. The lowest BCUT2D eigenvalue weighted by Gasteiger charge is -2.34. The van der Waals surface area contributed by atoms with E-state index in [1.807, 2.05) is 48.5 Å². The summed E-state index contributed by atoms with van der Waals surface area (Å²) in [6.45, 7) is 3.60. The van der Waals surface area contributed by atoms with Crippen molar-refractivity contribution >= 4 is 45.1 Å². The van der Waals surface area contributed by atoms with E-state index in [1.165, 1.54) is 0 Å². The Balaban J connectivity index is 1.41. The molecule has 3 aromatic rings. The second kappa shape index (κ2) is 9.50. The number of aromatic nitrogens is 1. The first-order valence-corrected chi connectivity index (χ1v) is 10.8. The minimum absolute atomic E-state index is 0.0796. The molecule has 1 aliphatic heterocycles. The van der Waals surface area contributed by atoms with Gasteiger partial charge in [-0.15, -0.1) is 11.3 Å². The van der Waals surface area contributed by atoms with Crippen LogP contribution in [0.4, 0.5) is 0 Å². The van der Waals surface area contributed by atoms with Crippen molar-refractivity contribution in [3.63, 3.8) is 0 Å². The van der Waals surface area contributed by atoms with Gasteiger partial charge in [0.2, 0.25) is 5.91 Å². The number of carbonyl (C=O) groups is 1. The van der Waals surface area contributed by atoms with E-state index in [-0.39, 0.29) is 11.9 Å². The van der Waals surface area contributed by atoms with E-state index < -0.39 is 0 Å². The largest absolute Gasteiger partial charge is 0.379 e. The molecule has 29 heavy (non-hydrogen) atoms. The standard InChI is InChI=1S/C22H22ClN3O2S/c23-17-7-5-16(6-8-17)19(26-11-13-28-14-12-26)15-24-21(27)9-10-22-25-18-3-1-2-4-20(18)29-22/h1-10,19H,11-15H2,(H,24,27)/b10-9+. The average Bonchev–Trinajstić information content (AvgIpc) is 3.17. The molecule has 0 bridgehead atoms. The minimum atomic E-state index is -0.128. The van der Waals surface area contributed by atoms with Gasteiger partial charge in [-0.2, -0.15) is 0 Å². The molecular weight excluding hydrogens is 406 g/mol. The predicted molar refractivity (Wildman–Crippen MR) is 118 cm³/mol. The molecule has 1 aliphatic rings. The molecule has 1 atom stereocenters. The van der Waals surface area contributed by atoms with Crippen molar-refractivity contribution in [2.45, 2.75) is 6.04 Å². The van der Waals surface area contributed by atoms with Crippen molar-refractivity contribution in [3.05, 3.63) is 70.2 Å². The van der Waals surface area contributed by atoms with Gasteiger partial charge in [0.15, 0.2) is 0 Å². The van der Waals surface area contributed by atoms with Gasteiger partial charge in [-0.25, -0.2) is 4.98 Å². The van der Waals surface area contributed by atoms with Crippen LogP contribution in [-0.4, -0.2) is 48.6 Å². The number of hydrogen-bond acceptors (Lipinski definition) is 5. The van der Waals surface area contributed by atoms with Gasteiger partial charge in [-0.3, -0.25) is 9.69 Å². The molecule has 0 saturated carbocycles. The van der Waals surface area contributed by atoms with Crippen LogP contribution in [0.25, 0.3) is 16.3 Å². The van der Waals surface area contributed by atoms with Gasteiger partial charge < -0.3 is 10.1 Å². The number of carbonyl (C=O) groups excluding carboxylic acids is 1. The first kappa shape index (κ1) is 20.0. The lowest BCUT2D eigenvalue weighted by molar-refractivity contribution is -0.116. The number of amides is 1. The van der Waals surface area contributed by atoms with Crippen LogP contribution in [0.15, 0.2) is 54.6 Å². The maximum atomic E-state index is 12.4. The third-order valence-electron chi connectivity index (χ3n) is 4.90. The van der Waals surface area contributed by atoms with E-state index in [1.54, 1.807) is 23.5 Å². The maximum Gasteiger partial charge on any atom is 0.244 e. The van der Waals surface area contributed by atoms with Gasteiger partial charge >= 0.3 is 0 Å². The predicted octanol–water partition coefficient (Wildman–Crippen LogP) is 4.15. The molecule has 2 heterocycles. The van der Waals surface area contributed by atoms with E-state index in [4.69, 9.17) is 16.3 Å². The fourth-order valence-electron chi connectivity index (χ4n) is 3.40. The summed E-state index contributed by atoms with van der Waals surface area (Å²) in [5.74, 6) is -0.128. The van der Waals surface area contributed by atoms with Crippen LogP contribution in [0.3, 0.4) is 0 Å². The molecule has 150 valence electrons. The highest BCUT2D eigenvalue weighted by molar-refractivity contribution is 7.19. The summed E-state index contributed by atoms with van der Waals surface area (Å²) in [5.41, 5.74) is 2.08. The van der Waals surface area contributed by atoms with Gasteiger partial charge in [-0.1, -0.05) is 35.9 Å². The number of fused-ring (bicyclic) bond motifs is 1. The van der Waals surface area contributed by atoms with Gasteiger partial charge in [0.1, 0.15) is 5.01 Å². The molecule has 5 nitrogen and oxygen atoms in total. The summed E-state index contributed by atoms with van der Waals surface area (Å²) in [6.07, 6.45) is 3.32. The number of nitrogens with one attached hydrogen (secondary N) is 1. The number of ether oxygens (including phenoxy) is 1. The minimum Gasteiger partial charge on any atom is -0.379 e. The molecule has 7 heteroatoms. The topological polar surface area (TPSA) is 54.5 Å². The maximum absolute atomic E-state index is 12.4. The average molecular weight is 428 g/mol. The zero-order chi connectivity index (χ0) is 20.1. The number of thiazole rings is 1. The number of morpholine rings is 1. The van der Waals surface area contributed by atoms with Crippen LogP contribution < -0.4 is 5.32 Å². The Hall–Kier alpha value is -2.25. The van der Waals surface area contributed by atoms with Crippen molar-refractivity contribution in [1.82, 2.24) is 15.2 Å². The van der Waals surface area contributed by atoms with Gasteiger partial charge in [0, 0.05) is 30.7 Å². The van der Waals surface area contributed by atoms with Gasteiger partial charge in [0.05, 0.1) is 29.5 Å². The van der Waals surface area contributed by atoms with Crippen molar-refractivity contribution in [2.75, 3.05) is 32.8 Å².